The van der Waals surface area contributed by atoms with Gasteiger partial charge in [0.15, 0.2) is 5.78 Å². The molecule has 294 valence electrons. The van der Waals surface area contributed by atoms with Gasteiger partial charge in [-0.25, -0.2) is 26.6 Å². The number of rotatable bonds is 7. The highest BCUT2D eigenvalue weighted by Gasteiger charge is 2.62. The SMILES string of the molecule is CC1(S(=O)(=O)NC(=O)[C@]23CC(=O)[C@@H]4C[C@@H](Oc5nc6cc(F)ccc6c6cc(F)ccc56)CN4C(=O)[C@@H](NC(=O)c4ccns4)CCCCC/C=C\[C@@H]2C3)CC1. The third kappa shape index (κ3) is 7.28. The maximum absolute atomic E-state index is 14.6. The van der Waals surface area contributed by atoms with E-state index in [-0.39, 0.29) is 43.1 Å². The van der Waals surface area contributed by atoms with Crippen molar-refractivity contribution in [2.24, 2.45) is 11.3 Å². The third-order valence-electron chi connectivity index (χ3n) is 11.8. The van der Waals surface area contributed by atoms with Crippen molar-refractivity contribution in [2.75, 3.05) is 6.54 Å². The Bertz CT molecular complexity index is 2390. The Balaban J connectivity index is 1.14. The fourth-order valence-electron chi connectivity index (χ4n) is 8.02. The van der Waals surface area contributed by atoms with E-state index in [2.05, 4.69) is 19.4 Å². The molecular formula is C40H41F2N5O7S2. The highest BCUT2D eigenvalue weighted by atomic mass is 32.2. The van der Waals surface area contributed by atoms with Crippen molar-refractivity contribution in [2.45, 2.75) is 94.1 Å². The van der Waals surface area contributed by atoms with Gasteiger partial charge in [-0.3, -0.25) is 23.9 Å². The van der Waals surface area contributed by atoms with Gasteiger partial charge >= 0.3 is 0 Å². The van der Waals surface area contributed by atoms with Crippen molar-refractivity contribution in [1.82, 2.24) is 24.3 Å². The van der Waals surface area contributed by atoms with Gasteiger partial charge in [-0.2, -0.15) is 0 Å². The van der Waals surface area contributed by atoms with Gasteiger partial charge in [0.1, 0.15) is 28.7 Å². The number of allylic oxidation sites excluding steroid dienone is 2. The Kier molecular flexibility index (Phi) is 9.92. The second-order valence-corrected chi connectivity index (χ2v) is 18.7. The molecule has 0 radical (unpaired) electrons. The van der Waals surface area contributed by atoms with Crippen LogP contribution in [0.1, 0.15) is 80.8 Å². The number of hydrogen-bond donors (Lipinski definition) is 2. The number of nitrogens with one attached hydrogen (secondary N) is 2. The molecule has 4 aromatic rings. The molecule has 5 atom stereocenters. The first kappa shape index (κ1) is 38.1. The number of carbonyl (C=O) groups is 4. The van der Waals surface area contributed by atoms with Crippen LogP contribution in [0.2, 0.25) is 0 Å². The average molecular weight is 806 g/mol. The number of ketones is 1. The smallest absolute Gasteiger partial charge is 0.263 e. The van der Waals surface area contributed by atoms with Crippen molar-refractivity contribution in [3.8, 4) is 5.88 Å². The molecule has 2 aliphatic carbocycles. The van der Waals surface area contributed by atoms with Gasteiger partial charge in [0.25, 0.3) is 5.91 Å². The van der Waals surface area contributed by atoms with Gasteiger partial charge in [0.2, 0.25) is 27.7 Å². The summed E-state index contributed by atoms with van der Waals surface area (Å²) < 4.78 is 67.0. The summed E-state index contributed by atoms with van der Waals surface area (Å²) in [7, 11) is -3.99. The first-order valence-corrected chi connectivity index (χ1v) is 21.2. The highest BCUT2D eigenvalue weighted by molar-refractivity contribution is 7.91. The summed E-state index contributed by atoms with van der Waals surface area (Å²) in [5.74, 6) is -3.55. The van der Waals surface area contributed by atoms with Crippen molar-refractivity contribution >= 4 is 66.7 Å². The van der Waals surface area contributed by atoms with Crippen LogP contribution in [0.5, 0.6) is 5.88 Å². The summed E-state index contributed by atoms with van der Waals surface area (Å²) in [6, 6.07) is 7.49. The minimum atomic E-state index is -3.99. The molecule has 2 aromatic heterocycles. The van der Waals surface area contributed by atoms with E-state index in [1.807, 2.05) is 12.2 Å². The van der Waals surface area contributed by atoms with Crippen LogP contribution in [0, 0.1) is 23.0 Å². The molecule has 56 heavy (non-hydrogen) atoms. The molecule has 0 unspecified atom stereocenters. The molecule has 8 rings (SSSR count). The van der Waals surface area contributed by atoms with E-state index in [1.54, 1.807) is 13.0 Å². The molecule has 0 bridgehead atoms. The van der Waals surface area contributed by atoms with Crippen LogP contribution in [-0.2, 0) is 24.4 Å². The number of ether oxygens (including phenoxy) is 1. The number of amides is 3. The number of hydrogen-bond acceptors (Lipinski definition) is 10. The van der Waals surface area contributed by atoms with E-state index < -0.39 is 73.5 Å². The molecule has 2 aromatic carbocycles. The fourth-order valence-corrected chi connectivity index (χ4v) is 9.85. The molecule has 16 heteroatoms. The molecule has 1 saturated heterocycles. The van der Waals surface area contributed by atoms with Crippen LogP contribution in [0.15, 0.2) is 60.8 Å². The van der Waals surface area contributed by atoms with E-state index in [1.165, 1.54) is 47.5 Å². The number of sulfonamides is 1. The van der Waals surface area contributed by atoms with Crippen LogP contribution in [0.4, 0.5) is 8.78 Å². The summed E-state index contributed by atoms with van der Waals surface area (Å²) >= 11 is 0.989. The highest BCUT2D eigenvalue weighted by Crippen LogP contribution is 2.57. The summed E-state index contributed by atoms with van der Waals surface area (Å²) in [5, 5.41) is 4.24. The largest absolute Gasteiger partial charge is 0.472 e. The molecule has 3 fully saturated rings. The van der Waals surface area contributed by atoms with Crippen LogP contribution < -0.4 is 14.8 Å². The van der Waals surface area contributed by atoms with Gasteiger partial charge in [-0.1, -0.05) is 25.0 Å². The standard InChI is InChI=1S/C40H41F2N5O7S2/c1-39(14-15-39)56(52,53)46-38(51)40-20-23(40)7-5-3-2-4-6-8-30(44-35(49)34-13-16-43-55-34)37(50)47-22-26(19-32(47)33(48)21-40)54-36-28-12-10-24(41)17-29(28)27-11-9-25(42)18-31(27)45-36/h5,7,9-13,16-18,23,26,30,32H,2-4,6,8,14-15,19-22H2,1H3,(H,44,49)(H,46,51)/b7-5-/t23-,26-,30+,32+,40-/m1/s1. The van der Waals surface area contributed by atoms with Crippen LogP contribution in [0.3, 0.4) is 0 Å². The van der Waals surface area contributed by atoms with Gasteiger partial charge in [0.05, 0.1) is 28.3 Å². The molecule has 2 aliphatic heterocycles. The van der Waals surface area contributed by atoms with Gasteiger partial charge in [-0.05, 0) is 105 Å². The second-order valence-electron chi connectivity index (χ2n) is 15.7. The predicted octanol–water partition coefficient (Wildman–Crippen LogP) is 5.75. The van der Waals surface area contributed by atoms with Crippen molar-refractivity contribution in [3.05, 3.63) is 77.3 Å². The predicted molar refractivity (Wildman–Crippen MR) is 204 cm³/mol. The Labute approximate surface area is 326 Å². The Morgan fingerprint density at radius 3 is 2.52 bits per heavy atom. The minimum absolute atomic E-state index is 0.0137. The van der Waals surface area contributed by atoms with Crippen LogP contribution in [0.25, 0.3) is 21.7 Å². The molecule has 2 saturated carbocycles. The maximum atomic E-state index is 14.6. The lowest BCUT2D eigenvalue weighted by molar-refractivity contribution is -0.140. The molecule has 12 nitrogen and oxygen atoms in total. The molecule has 2 N–H and O–H groups in total. The summed E-state index contributed by atoms with van der Waals surface area (Å²) in [4.78, 5) is 62.7. The van der Waals surface area contributed by atoms with Crippen LogP contribution >= 0.6 is 11.5 Å². The lowest BCUT2D eigenvalue weighted by Gasteiger charge is -2.29. The number of halogens is 2. The first-order chi connectivity index (χ1) is 26.8. The van der Waals surface area contributed by atoms with Crippen LogP contribution in [-0.4, -0.2) is 75.7 Å². The zero-order valence-corrected chi connectivity index (χ0v) is 32.3. The summed E-state index contributed by atoms with van der Waals surface area (Å²) in [6.07, 6.45) is 8.41. The quantitative estimate of drug-likeness (QED) is 0.175. The number of benzene rings is 2. The van der Waals surface area contributed by atoms with E-state index in [9.17, 15) is 36.4 Å². The summed E-state index contributed by atoms with van der Waals surface area (Å²) in [5.41, 5.74) is -1.11. The fraction of sp³-hybridized carbons (Fsp3) is 0.450. The molecular weight excluding hydrogens is 765 g/mol. The average Bonchev–Trinajstić information content (AvgIpc) is 3.90. The number of fused-ring (bicyclic) bond motifs is 5. The number of nitrogens with zero attached hydrogens (tertiary/aromatic N) is 3. The van der Waals surface area contributed by atoms with Crippen molar-refractivity contribution in [3.63, 3.8) is 0 Å². The first-order valence-electron chi connectivity index (χ1n) is 18.9. The zero-order chi connectivity index (χ0) is 39.4. The molecule has 3 amide bonds. The van der Waals surface area contributed by atoms with E-state index >= 15 is 0 Å². The van der Waals surface area contributed by atoms with Crippen molar-refractivity contribution < 1.29 is 41.1 Å². The lowest BCUT2D eigenvalue weighted by atomic mass is 9.91. The van der Waals surface area contributed by atoms with E-state index in [0.29, 0.717) is 53.1 Å². The Morgan fingerprint density at radius 1 is 1.00 bits per heavy atom. The molecule has 4 heterocycles. The van der Waals surface area contributed by atoms with Gasteiger partial charge in [-0.15, -0.1) is 0 Å². The monoisotopic (exact) mass is 805 g/mol. The normalized spacial score (nSPS) is 27.1. The Hall–Kier alpha value is -4.83. The lowest BCUT2D eigenvalue weighted by Crippen LogP contribution is -2.52. The molecule has 0 spiro atoms. The second kappa shape index (κ2) is 14.6. The zero-order valence-electron chi connectivity index (χ0n) is 30.6. The number of carbonyl (C=O) groups excluding carboxylic acids is 4. The topological polar surface area (TPSA) is 165 Å². The van der Waals surface area contributed by atoms with E-state index in [0.717, 1.165) is 24.4 Å². The van der Waals surface area contributed by atoms with E-state index in [4.69, 9.17) is 4.74 Å². The number of pyridine rings is 1. The maximum Gasteiger partial charge on any atom is 0.263 e. The Morgan fingerprint density at radius 2 is 1.77 bits per heavy atom. The van der Waals surface area contributed by atoms with Gasteiger partial charge < -0.3 is 15.0 Å². The third-order valence-corrected chi connectivity index (χ3v) is 14.7. The summed E-state index contributed by atoms with van der Waals surface area (Å²) in [6.45, 7) is 1.49. The number of Topliss-reactive ketones (excluding diaryl/α,β-unsaturated/α-hetero) is 1. The molecule has 4 aliphatic rings. The van der Waals surface area contributed by atoms with Gasteiger partial charge in [0, 0.05) is 35.9 Å². The minimum Gasteiger partial charge on any atom is -0.472 e. The van der Waals surface area contributed by atoms with Crippen molar-refractivity contribution in [1.29, 1.82) is 0 Å². The number of aromatic nitrogens is 2.